The molecule has 0 bridgehead atoms. The number of benzene rings is 1. The maximum Gasteiger partial charge on any atom is 0.377 e. The summed E-state index contributed by atoms with van der Waals surface area (Å²) in [5.74, 6) is -2.12. The number of halogens is 1. The number of carbonyl (C=O) groups excluding carboxylic acids is 1. The fraction of sp³-hybridized carbons (Fsp3) is 0.333. The zero-order valence-corrected chi connectivity index (χ0v) is 11.8. The monoisotopic (exact) mass is 316 g/mol. The van der Waals surface area contributed by atoms with Crippen LogP contribution in [0.2, 0.25) is 0 Å². The molecule has 0 amide bonds. The van der Waals surface area contributed by atoms with Crippen molar-refractivity contribution in [3.8, 4) is 11.5 Å². The molecule has 0 aliphatic carbocycles. The number of carboxylic acids is 1. The Hall–Kier alpha value is -1.56. The first-order valence-electron chi connectivity index (χ1n) is 5.18. The van der Waals surface area contributed by atoms with Crippen LogP contribution < -0.4 is 9.47 Å². The largest absolute Gasteiger partial charge is 0.493 e. The molecule has 0 saturated heterocycles. The minimum atomic E-state index is -1.54. The Labute approximate surface area is 113 Å². The molecule has 5 nitrogen and oxygen atoms in total. The van der Waals surface area contributed by atoms with Crippen molar-refractivity contribution in [2.75, 3.05) is 14.2 Å². The van der Waals surface area contributed by atoms with Gasteiger partial charge in [-0.3, -0.25) is 4.79 Å². The first-order chi connectivity index (χ1) is 8.47. The predicted octanol–water partition coefficient (Wildman–Crippen LogP) is 2.30. The summed E-state index contributed by atoms with van der Waals surface area (Å²) in [5, 5.41) is 8.84. The van der Waals surface area contributed by atoms with E-state index in [1.807, 2.05) is 6.92 Å². The first-order valence-corrected chi connectivity index (χ1v) is 5.98. The van der Waals surface area contributed by atoms with E-state index in [4.69, 9.17) is 14.6 Å². The van der Waals surface area contributed by atoms with Crippen LogP contribution in [0.3, 0.4) is 0 Å². The molecule has 0 saturated carbocycles. The van der Waals surface area contributed by atoms with Crippen molar-refractivity contribution < 1.29 is 24.2 Å². The van der Waals surface area contributed by atoms with E-state index in [1.54, 1.807) is 6.07 Å². The summed E-state index contributed by atoms with van der Waals surface area (Å²) in [6, 6.07) is 1.71. The first kappa shape index (κ1) is 14.5. The Morgan fingerprint density at radius 2 is 1.94 bits per heavy atom. The van der Waals surface area contributed by atoms with Crippen molar-refractivity contribution in [1.29, 1.82) is 0 Å². The molecule has 0 aromatic heterocycles. The van der Waals surface area contributed by atoms with Gasteiger partial charge in [-0.1, -0.05) is 6.92 Å². The fourth-order valence-electron chi connectivity index (χ4n) is 1.59. The number of aryl methyl sites for hydroxylation is 1. The number of Topliss-reactive ketones (excluding diaryl/α,β-unsaturated/α-hetero) is 1. The number of rotatable bonds is 5. The molecule has 1 aromatic rings. The summed E-state index contributed by atoms with van der Waals surface area (Å²) in [5.41, 5.74) is 0.749. The highest BCUT2D eigenvalue weighted by Crippen LogP contribution is 2.39. The molecule has 0 aliphatic heterocycles. The Morgan fingerprint density at radius 3 is 2.33 bits per heavy atom. The molecule has 6 heteroatoms. The third-order valence-electron chi connectivity index (χ3n) is 2.48. The van der Waals surface area contributed by atoms with Gasteiger partial charge in [-0.15, -0.1) is 0 Å². The molecule has 98 valence electrons. The SMILES string of the molecule is CCc1cc(OC)c(OC)c(C(=O)C(=O)O)c1Br. The number of hydrogen-bond donors (Lipinski definition) is 1. The second-order valence-corrected chi connectivity index (χ2v) is 4.24. The van der Waals surface area contributed by atoms with Gasteiger partial charge in [0.2, 0.25) is 0 Å². The molecule has 0 aliphatic rings. The second kappa shape index (κ2) is 5.86. The highest BCUT2D eigenvalue weighted by atomic mass is 79.9. The Bertz CT molecular complexity index is 496. The van der Waals surface area contributed by atoms with Gasteiger partial charge in [0.25, 0.3) is 5.78 Å². The lowest BCUT2D eigenvalue weighted by Gasteiger charge is -2.15. The summed E-state index contributed by atoms with van der Waals surface area (Å²) < 4.78 is 10.6. The molecule has 0 radical (unpaired) electrons. The van der Waals surface area contributed by atoms with Crippen LogP contribution in [0.4, 0.5) is 0 Å². The quantitative estimate of drug-likeness (QED) is 0.666. The van der Waals surface area contributed by atoms with E-state index in [0.29, 0.717) is 16.6 Å². The highest BCUT2D eigenvalue weighted by molar-refractivity contribution is 9.10. The van der Waals surface area contributed by atoms with Gasteiger partial charge in [-0.05, 0) is 34.0 Å². The minimum absolute atomic E-state index is 0.0267. The summed E-state index contributed by atoms with van der Waals surface area (Å²) in [6.45, 7) is 1.89. The van der Waals surface area contributed by atoms with Gasteiger partial charge < -0.3 is 14.6 Å². The number of methoxy groups -OCH3 is 2. The molecule has 0 fully saturated rings. The van der Waals surface area contributed by atoms with E-state index < -0.39 is 11.8 Å². The van der Waals surface area contributed by atoms with E-state index in [9.17, 15) is 9.59 Å². The smallest absolute Gasteiger partial charge is 0.377 e. The van der Waals surface area contributed by atoms with Gasteiger partial charge in [-0.2, -0.15) is 0 Å². The van der Waals surface area contributed by atoms with E-state index in [-0.39, 0.29) is 11.3 Å². The summed E-state index contributed by atoms with van der Waals surface area (Å²) >= 11 is 3.25. The predicted molar refractivity (Wildman–Crippen MR) is 68.6 cm³/mol. The van der Waals surface area contributed by atoms with Gasteiger partial charge >= 0.3 is 5.97 Å². The van der Waals surface area contributed by atoms with Gasteiger partial charge in [0, 0.05) is 4.47 Å². The van der Waals surface area contributed by atoms with E-state index in [2.05, 4.69) is 15.9 Å². The van der Waals surface area contributed by atoms with Crippen molar-refractivity contribution in [1.82, 2.24) is 0 Å². The lowest BCUT2D eigenvalue weighted by molar-refractivity contribution is -0.131. The average molecular weight is 317 g/mol. The van der Waals surface area contributed by atoms with Crippen molar-refractivity contribution in [3.05, 3.63) is 21.7 Å². The summed E-state index contributed by atoms with van der Waals surface area (Å²) in [7, 11) is 2.79. The highest BCUT2D eigenvalue weighted by Gasteiger charge is 2.27. The van der Waals surface area contributed by atoms with E-state index in [0.717, 1.165) is 5.56 Å². The van der Waals surface area contributed by atoms with Crippen LogP contribution >= 0.6 is 15.9 Å². The summed E-state index contributed by atoms with van der Waals surface area (Å²) in [4.78, 5) is 22.6. The van der Waals surface area contributed by atoms with Crippen LogP contribution in [0, 0.1) is 0 Å². The maximum atomic E-state index is 11.7. The zero-order chi connectivity index (χ0) is 13.9. The normalized spacial score (nSPS) is 10.0. The Morgan fingerprint density at radius 1 is 1.33 bits per heavy atom. The third-order valence-corrected chi connectivity index (χ3v) is 3.39. The third kappa shape index (κ3) is 2.48. The second-order valence-electron chi connectivity index (χ2n) is 3.45. The standard InChI is InChI=1S/C12H13BrO5/c1-4-6-5-7(17-2)11(18-3)8(9(6)13)10(14)12(15)16/h5H,4H2,1-3H3,(H,15,16). The van der Waals surface area contributed by atoms with Crippen LogP contribution in [0.5, 0.6) is 11.5 Å². The number of ketones is 1. The minimum Gasteiger partial charge on any atom is -0.493 e. The van der Waals surface area contributed by atoms with Gasteiger partial charge in [0.05, 0.1) is 19.8 Å². The number of aliphatic carboxylic acids is 1. The van der Waals surface area contributed by atoms with Gasteiger partial charge in [0.15, 0.2) is 11.5 Å². The molecular weight excluding hydrogens is 304 g/mol. The van der Waals surface area contributed by atoms with Crippen LogP contribution in [0.1, 0.15) is 22.8 Å². The molecule has 1 aromatic carbocycles. The molecule has 0 spiro atoms. The molecule has 18 heavy (non-hydrogen) atoms. The number of ether oxygens (including phenoxy) is 2. The summed E-state index contributed by atoms with van der Waals surface area (Å²) in [6.07, 6.45) is 0.626. The van der Waals surface area contributed by atoms with Crippen LogP contribution in [0.25, 0.3) is 0 Å². The lowest BCUT2D eigenvalue weighted by atomic mass is 10.0. The fourth-order valence-corrected chi connectivity index (χ4v) is 2.35. The maximum absolute atomic E-state index is 11.7. The van der Waals surface area contributed by atoms with Gasteiger partial charge in [0.1, 0.15) is 0 Å². The van der Waals surface area contributed by atoms with Crippen molar-refractivity contribution in [2.24, 2.45) is 0 Å². The van der Waals surface area contributed by atoms with Crippen LogP contribution in [-0.4, -0.2) is 31.1 Å². The van der Waals surface area contributed by atoms with Crippen molar-refractivity contribution in [2.45, 2.75) is 13.3 Å². The van der Waals surface area contributed by atoms with E-state index in [1.165, 1.54) is 14.2 Å². The van der Waals surface area contributed by atoms with Crippen molar-refractivity contribution >= 4 is 27.7 Å². The van der Waals surface area contributed by atoms with Gasteiger partial charge in [-0.25, -0.2) is 4.79 Å². The number of hydrogen-bond acceptors (Lipinski definition) is 4. The molecule has 0 unspecified atom stereocenters. The van der Waals surface area contributed by atoms with Crippen LogP contribution in [-0.2, 0) is 11.2 Å². The number of carboxylic acid groups (broad SMARTS) is 1. The molecule has 1 N–H and O–H groups in total. The Balaban J connectivity index is 3.63. The van der Waals surface area contributed by atoms with Crippen LogP contribution in [0.15, 0.2) is 10.5 Å². The average Bonchev–Trinajstić information content (AvgIpc) is 2.36. The number of carbonyl (C=O) groups is 2. The molecule has 1 rings (SSSR count). The topological polar surface area (TPSA) is 72.8 Å². The lowest BCUT2D eigenvalue weighted by Crippen LogP contribution is -2.16. The zero-order valence-electron chi connectivity index (χ0n) is 10.2. The molecule has 0 atom stereocenters. The van der Waals surface area contributed by atoms with Crippen molar-refractivity contribution in [3.63, 3.8) is 0 Å². The Kier molecular flexibility index (Phi) is 4.72. The molecule has 0 heterocycles. The molecular formula is C12H13BrO5. The van der Waals surface area contributed by atoms with E-state index >= 15 is 0 Å².